The fourth-order valence-electron chi connectivity index (χ4n) is 3.60. The maximum Gasteiger partial charge on any atom is 0.317 e. The number of amides is 3. The molecule has 32 heavy (non-hydrogen) atoms. The van der Waals surface area contributed by atoms with Gasteiger partial charge in [0, 0.05) is 31.2 Å². The van der Waals surface area contributed by atoms with E-state index >= 15 is 0 Å². The fourth-order valence-corrected chi connectivity index (χ4v) is 4.51. The summed E-state index contributed by atoms with van der Waals surface area (Å²) in [5, 5.41) is 15.3. The maximum absolute atomic E-state index is 12.5. The minimum atomic E-state index is -0.255. The first-order chi connectivity index (χ1) is 15.6. The van der Waals surface area contributed by atoms with Crippen LogP contribution in [0, 0.1) is 0 Å². The van der Waals surface area contributed by atoms with E-state index in [0.717, 1.165) is 34.8 Å². The number of para-hydroxylation sites is 1. The number of likely N-dealkylation sites (tertiary alicyclic amines) is 1. The van der Waals surface area contributed by atoms with Gasteiger partial charge in [-0.15, -0.1) is 10.2 Å². The predicted molar refractivity (Wildman–Crippen MR) is 123 cm³/mol. The van der Waals surface area contributed by atoms with E-state index < -0.39 is 0 Å². The first-order valence-electron chi connectivity index (χ1n) is 10.5. The number of hydrogen-bond acceptors (Lipinski definition) is 6. The summed E-state index contributed by atoms with van der Waals surface area (Å²) in [4.78, 5) is 26.8. The summed E-state index contributed by atoms with van der Waals surface area (Å²) in [5.74, 6) is 0.717. The van der Waals surface area contributed by atoms with Gasteiger partial charge in [-0.1, -0.05) is 41.7 Å². The lowest BCUT2D eigenvalue weighted by molar-refractivity contribution is 0.102. The average Bonchev–Trinajstić information content (AvgIpc) is 3.34. The molecule has 9 heteroatoms. The smallest absolute Gasteiger partial charge is 0.317 e. The molecule has 166 valence electrons. The Bertz CT molecular complexity index is 1060. The number of hydrogen-bond donors (Lipinski definition) is 2. The van der Waals surface area contributed by atoms with Crippen molar-refractivity contribution in [2.45, 2.75) is 25.3 Å². The number of aromatic nitrogens is 2. The Kier molecular flexibility index (Phi) is 6.96. The summed E-state index contributed by atoms with van der Waals surface area (Å²) in [6, 6.07) is 16.8. The van der Waals surface area contributed by atoms with E-state index in [1.807, 2.05) is 59.5 Å². The molecule has 0 aliphatic carbocycles. The van der Waals surface area contributed by atoms with Gasteiger partial charge in [0.05, 0.1) is 7.11 Å². The number of nitrogens with zero attached hydrogens (tertiary/aromatic N) is 3. The van der Waals surface area contributed by atoms with Crippen LogP contribution in [0.3, 0.4) is 0 Å². The molecule has 1 aromatic heterocycles. The van der Waals surface area contributed by atoms with Crippen molar-refractivity contribution < 1.29 is 14.3 Å². The predicted octanol–water partition coefficient (Wildman–Crippen LogP) is 3.89. The Morgan fingerprint density at radius 1 is 1.09 bits per heavy atom. The largest absolute Gasteiger partial charge is 0.497 e. The van der Waals surface area contributed by atoms with Gasteiger partial charge in [0.15, 0.2) is 0 Å². The van der Waals surface area contributed by atoms with Gasteiger partial charge in [-0.25, -0.2) is 4.79 Å². The van der Waals surface area contributed by atoms with Crippen molar-refractivity contribution in [3.8, 4) is 5.75 Å². The number of piperidine rings is 1. The molecule has 8 nitrogen and oxygen atoms in total. The Balaban J connectivity index is 1.26. The number of anilines is 1. The van der Waals surface area contributed by atoms with Crippen LogP contribution >= 0.6 is 11.3 Å². The van der Waals surface area contributed by atoms with Crippen molar-refractivity contribution in [3.63, 3.8) is 0 Å². The van der Waals surface area contributed by atoms with E-state index in [1.165, 1.54) is 11.3 Å². The minimum absolute atomic E-state index is 0.0774. The van der Waals surface area contributed by atoms with Gasteiger partial charge in [0.25, 0.3) is 5.91 Å². The van der Waals surface area contributed by atoms with Gasteiger partial charge in [-0.05, 0) is 42.7 Å². The zero-order valence-electron chi connectivity index (χ0n) is 17.8. The van der Waals surface area contributed by atoms with Gasteiger partial charge in [0.1, 0.15) is 10.8 Å². The first-order valence-corrected chi connectivity index (χ1v) is 11.3. The zero-order chi connectivity index (χ0) is 22.3. The second-order valence-corrected chi connectivity index (χ2v) is 8.55. The van der Waals surface area contributed by atoms with Crippen molar-refractivity contribution in [1.29, 1.82) is 0 Å². The third kappa shape index (κ3) is 5.42. The van der Waals surface area contributed by atoms with E-state index in [2.05, 4.69) is 20.8 Å². The van der Waals surface area contributed by atoms with Gasteiger partial charge in [-0.3, -0.25) is 4.79 Å². The zero-order valence-corrected chi connectivity index (χ0v) is 18.6. The van der Waals surface area contributed by atoms with Gasteiger partial charge in [0.2, 0.25) is 5.01 Å². The molecule has 1 aliphatic rings. The third-order valence-electron chi connectivity index (χ3n) is 5.38. The number of rotatable bonds is 6. The summed E-state index contributed by atoms with van der Waals surface area (Å²) < 4.78 is 5.22. The van der Waals surface area contributed by atoms with Crippen LogP contribution in [0.2, 0.25) is 0 Å². The normalized spacial score (nSPS) is 14.1. The van der Waals surface area contributed by atoms with Gasteiger partial charge >= 0.3 is 6.03 Å². The number of urea groups is 1. The topological polar surface area (TPSA) is 96.4 Å². The maximum atomic E-state index is 12.5. The van der Waals surface area contributed by atoms with E-state index in [9.17, 15) is 9.59 Å². The third-order valence-corrected chi connectivity index (χ3v) is 6.46. The van der Waals surface area contributed by atoms with Crippen LogP contribution in [0.5, 0.6) is 5.75 Å². The molecular formula is C23H25N5O3S. The molecule has 0 radical (unpaired) electrons. The van der Waals surface area contributed by atoms with Crippen LogP contribution in [0.15, 0.2) is 54.6 Å². The molecule has 3 aromatic rings. The highest BCUT2D eigenvalue weighted by Crippen LogP contribution is 2.30. The van der Waals surface area contributed by atoms with Crippen LogP contribution < -0.4 is 15.4 Å². The molecule has 1 saturated heterocycles. The standard InChI is InChI=1S/C23H25N5O3S/c1-31-19-9-5-6-16(14-19)15-24-23(30)28-12-10-17(11-13-28)21-26-27-22(32-21)20(29)25-18-7-3-2-4-8-18/h2-9,14,17H,10-13,15H2,1H3,(H,24,30)(H,25,29). The second-order valence-electron chi connectivity index (χ2n) is 7.54. The molecule has 0 unspecified atom stereocenters. The quantitative estimate of drug-likeness (QED) is 0.593. The summed E-state index contributed by atoms with van der Waals surface area (Å²) in [6.45, 7) is 1.73. The second kappa shape index (κ2) is 10.2. The number of carbonyl (C=O) groups is 2. The lowest BCUT2D eigenvalue weighted by Gasteiger charge is -2.31. The molecular weight excluding hydrogens is 426 g/mol. The molecule has 4 rings (SSSR count). The van der Waals surface area contributed by atoms with Gasteiger partial charge < -0.3 is 20.3 Å². The molecule has 3 amide bonds. The molecule has 0 bridgehead atoms. The van der Waals surface area contributed by atoms with Crippen molar-refractivity contribution >= 4 is 29.0 Å². The molecule has 0 saturated carbocycles. The molecule has 0 spiro atoms. The van der Waals surface area contributed by atoms with Crippen LogP contribution in [0.25, 0.3) is 0 Å². The molecule has 2 heterocycles. The summed E-state index contributed by atoms with van der Waals surface area (Å²) in [5.41, 5.74) is 1.71. The summed E-state index contributed by atoms with van der Waals surface area (Å²) in [6.07, 6.45) is 1.59. The van der Waals surface area contributed by atoms with Crippen molar-refractivity contribution in [1.82, 2.24) is 20.4 Å². The molecule has 2 aromatic carbocycles. The molecule has 1 fully saturated rings. The van der Waals surface area contributed by atoms with E-state index in [-0.39, 0.29) is 17.9 Å². The summed E-state index contributed by atoms with van der Waals surface area (Å²) >= 11 is 1.32. The fraction of sp³-hybridized carbons (Fsp3) is 0.304. The summed E-state index contributed by atoms with van der Waals surface area (Å²) in [7, 11) is 1.62. The monoisotopic (exact) mass is 451 g/mol. The van der Waals surface area contributed by atoms with Crippen molar-refractivity contribution in [2.75, 3.05) is 25.5 Å². The van der Waals surface area contributed by atoms with Crippen molar-refractivity contribution in [2.24, 2.45) is 0 Å². The SMILES string of the molecule is COc1cccc(CNC(=O)N2CCC(c3nnc(C(=O)Nc4ccccc4)s3)CC2)c1. The lowest BCUT2D eigenvalue weighted by atomic mass is 9.98. The van der Waals surface area contributed by atoms with Crippen molar-refractivity contribution in [3.05, 3.63) is 70.2 Å². The minimum Gasteiger partial charge on any atom is -0.497 e. The van der Waals surface area contributed by atoms with E-state index in [0.29, 0.717) is 24.6 Å². The number of benzene rings is 2. The highest BCUT2D eigenvalue weighted by Gasteiger charge is 2.27. The van der Waals surface area contributed by atoms with Crippen LogP contribution in [-0.2, 0) is 6.54 Å². The lowest BCUT2D eigenvalue weighted by Crippen LogP contribution is -2.43. The van der Waals surface area contributed by atoms with Crippen LogP contribution in [0.1, 0.15) is 39.1 Å². The average molecular weight is 452 g/mol. The van der Waals surface area contributed by atoms with Gasteiger partial charge in [-0.2, -0.15) is 0 Å². The molecule has 1 aliphatic heterocycles. The Labute approximate surface area is 190 Å². The highest BCUT2D eigenvalue weighted by atomic mass is 32.1. The van der Waals surface area contributed by atoms with E-state index in [4.69, 9.17) is 4.74 Å². The Morgan fingerprint density at radius 2 is 1.88 bits per heavy atom. The highest BCUT2D eigenvalue weighted by molar-refractivity contribution is 7.13. The Morgan fingerprint density at radius 3 is 2.62 bits per heavy atom. The number of carbonyl (C=O) groups excluding carboxylic acids is 2. The van der Waals surface area contributed by atoms with Crippen LogP contribution in [-0.4, -0.2) is 47.2 Å². The van der Waals surface area contributed by atoms with Crippen LogP contribution in [0.4, 0.5) is 10.5 Å². The first kappa shape index (κ1) is 21.8. The molecule has 0 atom stereocenters. The number of ether oxygens (including phenoxy) is 1. The number of methoxy groups -OCH3 is 1. The number of nitrogens with one attached hydrogen (secondary N) is 2. The molecule has 2 N–H and O–H groups in total. The Hall–Kier alpha value is -3.46. The van der Waals surface area contributed by atoms with E-state index in [1.54, 1.807) is 7.11 Å².